The van der Waals surface area contributed by atoms with E-state index in [0.29, 0.717) is 6.61 Å². The molecular weight excluding hydrogens is 520 g/mol. The van der Waals surface area contributed by atoms with E-state index in [-0.39, 0.29) is 43.2 Å². The molecule has 228 valence electrons. The van der Waals surface area contributed by atoms with Gasteiger partial charge in [0, 0.05) is 82.0 Å². The zero-order valence-electron chi connectivity index (χ0n) is 25.7. The molecule has 10 nitrogen and oxygen atoms in total. The molecular formula is C31H50N6O4. The first-order chi connectivity index (χ1) is 19.8. The Bertz CT molecular complexity index is 1110. The Morgan fingerprint density at radius 3 is 2.59 bits per heavy atom. The van der Waals surface area contributed by atoms with E-state index in [0.717, 1.165) is 61.8 Å². The summed E-state index contributed by atoms with van der Waals surface area (Å²) in [5.41, 5.74) is 2.87. The number of aromatic nitrogens is 2. The number of amides is 2. The van der Waals surface area contributed by atoms with Crippen LogP contribution in [-0.4, -0.2) is 94.5 Å². The van der Waals surface area contributed by atoms with Gasteiger partial charge in [0.25, 0.3) is 0 Å². The maximum absolute atomic E-state index is 13.3. The van der Waals surface area contributed by atoms with E-state index in [1.54, 1.807) is 11.1 Å². The zero-order chi connectivity index (χ0) is 29.9. The number of aryl methyl sites for hydroxylation is 1. The van der Waals surface area contributed by atoms with Gasteiger partial charge in [0.2, 0.25) is 11.8 Å². The molecule has 2 aromatic rings. The molecule has 2 aliphatic heterocycles. The number of nitrogens with zero attached hydrogens (tertiary/aromatic N) is 4. The van der Waals surface area contributed by atoms with Gasteiger partial charge in [-0.3, -0.25) is 19.2 Å². The number of hydrogen-bond acceptors (Lipinski definition) is 7. The standard InChI is InChI=1S/C29H44N6O4.C2H6/c1-5-35-25(8-9-32-35)22-6-7-23(27(16-22)39-15-14-33-12-10-30-11-13-33)18-31-28(37)26-17-24(36)19-34(26)29(38)21(4)20(2)3;1-2/h6-9,16,20-21,24,26,30,36H,5,10-15,17-19H2,1-4H3,(H,31,37);1-2H3. The summed E-state index contributed by atoms with van der Waals surface area (Å²) in [7, 11) is 0. The van der Waals surface area contributed by atoms with Crippen molar-refractivity contribution in [1.29, 1.82) is 0 Å². The molecule has 2 fully saturated rings. The number of benzene rings is 1. The van der Waals surface area contributed by atoms with Crippen molar-refractivity contribution in [3.8, 4) is 17.0 Å². The molecule has 2 amide bonds. The van der Waals surface area contributed by atoms with Crippen LogP contribution in [0.1, 0.15) is 53.5 Å². The molecule has 0 bridgehead atoms. The third-order valence-corrected chi connectivity index (χ3v) is 7.96. The van der Waals surface area contributed by atoms with Crippen molar-refractivity contribution in [2.75, 3.05) is 45.9 Å². The van der Waals surface area contributed by atoms with Gasteiger partial charge in [-0.15, -0.1) is 0 Å². The summed E-state index contributed by atoms with van der Waals surface area (Å²) in [6, 6.07) is 7.33. The third-order valence-electron chi connectivity index (χ3n) is 7.96. The molecule has 1 aromatic carbocycles. The van der Waals surface area contributed by atoms with Gasteiger partial charge in [0.1, 0.15) is 18.4 Å². The maximum atomic E-state index is 13.3. The van der Waals surface area contributed by atoms with Gasteiger partial charge in [0.05, 0.1) is 11.8 Å². The minimum absolute atomic E-state index is 0.0875. The first-order valence-corrected chi connectivity index (χ1v) is 15.3. The van der Waals surface area contributed by atoms with Gasteiger partial charge < -0.3 is 25.4 Å². The van der Waals surface area contributed by atoms with Crippen LogP contribution in [-0.2, 0) is 22.7 Å². The molecule has 10 heteroatoms. The lowest BCUT2D eigenvalue weighted by molar-refractivity contribution is -0.142. The van der Waals surface area contributed by atoms with Crippen LogP contribution in [0.2, 0.25) is 0 Å². The largest absolute Gasteiger partial charge is 0.492 e. The minimum atomic E-state index is -0.698. The monoisotopic (exact) mass is 570 g/mol. The molecule has 0 radical (unpaired) electrons. The van der Waals surface area contributed by atoms with Crippen molar-refractivity contribution in [2.24, 2.45) is 11.8 Å². The highest BCUT2D eigenvalue weighted by Gasteiger charge is 2.40. The highest BCUT2D eigenvalue weighted by molar-refractivity contribution is 5.89. The SMILES string of the molecule is CC.CCn1nccc1-c1ccc(CNC(=O)C2CC(O)CN2C(=O)C(C)C(C)C)c(OCCN2CCNCC2)c1. The van der Waals surface area contributed by atoms with E-state index < -0.39 is 12.1 Å². The van der Waals surface area contributed by atoms with Crippen LogP contribution in [0.4, 0.5) is 0 Å². The van der Waals surface area contributed by atoms with Crippen molar-refractivity contribution in [3.63, 3.8) is 0 Å². The second-order valence-corrected chi connectivity index (χ2v) is 10.9. The summed E-state index contributed by atoms with van der Waals surface area (Å²) in [5.74, 6) is 0.318. The lowest BCUT2D eigenvalue weighted by Gasteiger charge is -2.28. The number of carbonyl (C=O) groups is 2. The lowest BCUT2D eigenvalue weighted by Crippen LogP contribution is -2.48. The molecule has 41 heavy (non-hydrogen) atoms. The van der Waals surface area contributed by atoms with Gasteiger partial charge in [-0.25, -0.2) is 0 Å². The van der Waals surface area contributed by atoms with Crippen LogP contribution in [0, 0.1) is 11.8 Å². The summed E-state index contributed by atoms with van der Waals surface area (Å²) in [5, 5.41) is 21.1. The van der Waals surface area contributed by atoms with Crippen LogP contribution in [0.3, 0.4) is 0 Å². The van der Waals surface area contributed by atoms with Crippen LogP contribution >= 0.6 is 0 Å². The Morgan fingerprint density at radius 1 is 1.17 bits per heavy atom. The fourth-order valence-electron chi connectivity index (χ4n) is 5.20. The van der Waals surface area contributed by atoms with Crippen LogP contribution in [0.15, 0.2) is 30.5 Å². The molecule has 3 unspecified atom stereocenters. The summed E-state index contributed by atoms with van der Waals surface area (Å²) in [6.07, 6.45) is 1.34. The fourth-order valence-corrected chi connectivity index (χ4v) is 5.20. The zero-order valence-corrected chi connectivity index (χ0v) is 25.7. The first-order valence-electron chi connectivity index (χ1n) is 15.3. The molecule has 0 spiro atoms. The average Bonchev–Trinajstić information content (AvgIpc) is 3.63. The second-order valence-electron chi connectivity index (χ2n) is 10.9. The van der Waals surface area contributed by atoms with Gasteiger partial charge in [-0.2, -0.15) is 5.10 Å². The topological polar surface area (TPSA) is 112 Å². The highest BCUT2D eigenvalue weighted by Crippen LogP contribution is 2.28. The first kappa shape index (κ1) is 32.6. The summed E-state index contributed by atoms with van der Waals surface area (Å²) < 4.78 is 8.24. The summed E-state index contributed by atoms with van der Waals surface area (Å²) in [6.45, 7) is 18.5. The average molecular weight is 571 g/mol. The van der Waals surface area contributed by atoms with E-state index >= 15 is 0 Å². The van der Waals surface area contributed by atoms with Gasteiger partial charge in [-0.05, 0) is 25.0 Å². The molecule has 1 aromatic heterocycles. The van der Waals surface area contributed by atoms with Crippen molar-refractivity contribution in [1.82, 2.24) is 30.2 Å². The molecule has 3 atom stereocenters. The second kappa shape index (κ2) is 15.9. The Balaban J connectivity index is 0.00000226. The quantitative estimate of drug-likeness (QED) is 0.381. The van der Waals surface area contributed by atoms with E-state index in [2.05, 4.69) is 27.6 Å². The van der Waals surface area contributed by atoms with E-state index in [4.69, 9.17) is 4.74 Å². The van der Waals surface area contributed by atoms with E-state index in [9.17, 15) is 14.7 Å². The van der Waals surface area contributed by atoms with E-state index in [1.807, 2.05) is 63.6 Å². The Labute approximate surface area is 245 Å². The van der Waals surface area contributed by atoms with Crippen LogP contribution in [0.25, 0.3) is 11.3 Å². The van der Waals surface area contributed by atoms with E-state index in [1.165, 1.54) is 0 Å². The van der Waals surface area contributed by atoms with Gasteiger partial charge in [-0.1, -0.05) is 46.8 Å². The molecule has 4 rings (SSSR count). The van der Waals surface area contributed by atoms with Crippen LogP contribution < -0.4 is 15.4 Å². The Hall–Kier alpha value is -2.95. The van der Waals surface area contributed by atoms with Gasteiger partial charge >= 0.3 is 0 Å². The number of rotatable bonds is 11. The highest BCUT2D eigenvalue weighted by atomic mass is 16.5. The molecule has 2 aliphatic rings. The van der Waals surface area contributed by atoms with Crippen molar-refractivity contribution >= 4 is 11.8 Å². The smallest absolute Gasteiger partial charge is 0.243 e. The number of aliphatic hydroxyl groups is 1. The number of likely N-dealkylation sites (tertiary alicyclic amines) is 1. The normalized spacial score (nSPS) is 20.0. The molecule has 2 saturated heterocycles. The Morgan fingerprint density at radius 2 is 1.90 bits per heavy atom. The predicted octanol–water partition coefficient (Wildman–Crippen LogP) is 2.75. The number of ether oxygens (including phenoxy) is 1. The predicted molar refractivity (Wildman–Crippen MR) is 161 cm³/mol. The Kier molecular flexibility index (Phi) is 12.6. The third kappa shape index (κ3) is 8.53. The number of piperazine rings is 1. The minimum Gasteiger partial charge on any atom is -0.492 e. The van der Waals surface area contributed by atoms with Gasteiger partial charge in [0.15, 0.2) is 0 Å². The molecule has 0 aliphatic carbocycles. The fraction of sp³-hybridized carbons (Fsp3) is 0.645. The van der Waals surface area contributed by atoms with Crippen LogP contribution in [0.5, 0.6) is 5.75 Å². The molecule has 0 saturated carbocycles. The maximum Gasteiger partial charge on any atom is 0.243 e. The van der Waals surface area contributed by atoms with Crippen molar-refractivity contribution < 1.29 is 19.4 Å². The summed E-state index contributed by atoms with van der Waals surface area (Å²) in [4.78, 5) is 30.2. The number of aliphatic hydroxyl groups excluding tert-OH is 1. The number of β-amino-alcohol motifs (C(OH)–C–C–N with tert-alkyl or cyclic N) is 1. The lowest BCUT2D eigenvalue weighted by atomic mass is 9.96. The summed E-state index contributed by atoms with van der Waals surface area (Å²) >= 11 is 0. The van der Waals surface area contributed by atoms with Crippen molar-refractivity contribution in [2.45, 2.75) is 73.2 Å². The number of nitrogens with one attached hydrogen (secondary N) is 2. The molecule has 3 heterocycles. The number of hydrogen-bond donors (Lipinski definition) is 3. The van der Waals surface area contributed by atoms with Crippen molar-refractivity contribution in [3.05, 3.63) is 36.0 Å². The molecule has 3 N–H and O–H groups in total. The number of carbonyl (C=O) groups excluding carboxylic acids is 2.